The van der Waals surface area contributed by atoms with Crippen LogP contribution in [0.15, 0.2) is 42.5 Å². The van der Waals surface area contributed by atoms with Gasteiger partial charge in [-0.3, -0.25) is 4.90 Å². The number of carboxylic acids is 1. The number of carbonyl (C=O) groups is 1. The van der Waals surface area contributed by atoms with Crippen molar-refractivity contribution in [2.75, 3.05) is 26.8 Å². The Bertz CT molecular complexity index is 999. The second-order valence-electron chi connectivity index (χ2n) is 10.3. The normalized spacial score (nSPS) is 26.8. The largest absolute Gasteiger partial charge is 0.497 e. The first-order valence-corrected chi connectivity index (χ1v) is 12.4. The van der Waals surface area contributed by atoms with Crippen LogP contribution in [0.3, 0.4) is 0 Å². The average Bonchev–Trinajstić information content (AvgIpc) is 3.65. The number of methoxy groups -OCH3 is 1. The Labute approximate surface area is 196 Å². The van der Waals surface area contributed by atoms with Crippen molar-refractivity contribution >= 4 is 5.97 Å². The molecule has 33 heavy (non-hydrogen) atoms. The standard InChI is InChI=1S/C28H35NO4/c1-19-15-23-16-22-7-10-25(32-2)17-26(22)28(19,11-13-29(23)18-20-3-4-20)12-14-33-24-8-5-21(6-9-24)27(30)31/h5-10,17,19-20,23H,3-4,11-16,18H2,1-2H3,(H,30,31). The quantitative estimate of drug-likeness (QED) is 0.603. The number of hydrogen-bond donors (Lipinski definition) is 1. The van der Waals surface area contributed by atoms with E-state index in [0.29, 0.717) is 18.6 Å². The van der Waals surface area contributed by atoms with E-state index in [-0.39, 0.29) is 11.0 Å². The number of nitrogens with zero attached hydrogens (tertiary/aromatic N) is 1. The highest BCUT2D eigenvalue weighted by molar-refractivity contribution is 5.87. The Kier molecular flexibility index (Phi) is 6.09. The van der Waals surface area contributed by atoms with Crippen molar-refractivity contribution in [1.29, 1.82) is 0 Å². The maximum Gasteiger partial charge on any atom is 0.335 e. The van der Waals surface area contributed by atoms with Crippen LogP contribution in [0, 0.1) is 11.8 Å². The molecular formula is C28H35NO4. The molecule has 1 saturated carbocycles. The van der Waals surface area contributed by atoms with Gasteiger partial charge in [0.1, 0.15) is 11.5 Å². The fourth-order valence-corrected chi connectivity index (χ4v) is 6.17. The third-order valence-corrected chi connectivity index (χ3v) is 8.35. The second kappa shape index (κ2) is 9.02. The van der Waals surface area contributed by atoms with Crippen LogP contribution < -0.4 is 9.47 Å². The third kappa shape index (κ3) is 4.48. The van der Waals surface area contributed by atoms with Crippen LogP contribution in [0.5, 0.6) is 11.5 Å². The molecule has 2 fully saturated rings. The van der Waals surface area contributed by atoms with Crippen molar-refractivity contribution in [3.63, 3.8) is 0 Å². The topological polar surface area (TPSA) is 59.0 Å². The van der Waals surface area contributed by atoms with E-state index in [4.69, 9.17) is 14.6 Å². The molecule has 3 unspecified atom stereocenters. The molecule has 1 heterocycles. The predicted octanol–water partition coefficient (Wildman–Crippen LogP) is 5.17. The van der Waals surface area contributed by atoms with Crippen LogP contribution in [-0.4, -0.2) is 48.8 Å². The van der Waals surface area contributed by atoms with Gasteiger partial charge in [0.25, 0.3) is 0 Å². The highest BCUT2D eigenvalue weighted by Crippen LogP contribution is 2.50. The number of likely N-dealkylation sites (tertiary alicyclic amines) is 1. The van der Waals surface area contributed by atoms with Gasteiger partial charge in [0.2, 0.25) is 0 Å². The van der Waals surface area contributed by atoms with Crippen LogP contribution in [0.25, 0.3) is 0 Å². The summed E-state index contributed by atoms with van der Waals surface area (Å²) in [5.74, 6) is 2.21. The molecule has 2 bridgehead atoms. The second-order valence-corrected chi connectivity index (χ2v) is 10.3. The van der Waals surface area contributed by atoms with E-state index in [1.165, 1.54) is 36.9 Å². The summed E-state index contributed by atoms with van der Waals surface area (Å²) in [5, 5.41) is 9.14. The van der Waals surface area contributed by atoms with E-state index in [1.54, 1.807) is 31.4 Å². The first-order valence-electron chi connectivity index (χ1n) is 12.4. The van der Waals surface area contributed by atoms with Crippen LogP contribution in [0.4, 0.5) is 0 Å². The number of benzene rings is 2. The van der Waals surface area contributed by atoms with Gasteiger partial charge in [0.15, 0.2) is 0 Å². The van der Waals surface area contributed by atoms with Crippen molar-refractivity contribution in [3.05, 3.63) is 59.2 Å². The first-order chi connectivity index (χ1) is 16.0. The van der Waals surface area contributed by atoms with E-state index in [2.05, 4.69) is 30.0 Å². The van der Waals surface area contributed by atoms with Gasteiger partial charge >= 0.3 is 5.97 Å². The molecule has 1 saturated heterocycles. The van der Waals surface area contributed by atoms with Crippen LogP contribution >= 0.6 is 0 Å². The van der Waals surface area contributed by atoms with Crippen LogP contribution in [-0.2, 0) is 11.8 Å². The Hall–Kier alpha value is -2.53. The van der Waals surface area contributed by atoms with Crippen molar-refractivity contribution in [3.8, 4) is 11.5 Å². The molecule has 1 aliphatic heterocycles. The summed E-state index contributed by atoms with van der Waals surface area (Å²) < 4.78 is 11.8. The lowest BCUT2D eigenvalue weighted by Gasteiger charge is -2.40. The lowest BCUT2D eigenvalue weighted by Crippen LogP contribution is -2.40. The Morgan fingerprint density at radius 1 is 1.15 bits per heavy atom. The average molecular weight is 450 g/mol. The van der Waals surface area contributed by atoms with E-state index in [9.17, 15) is 4.79 Å². The van der Waals surface area contributed by atoms with Crippen molar-refractivity contribution in [1.82, 2.24) is 4.90 Å². The summed E-state index contributed by atoms with van der Waals surface area (Å²) in [4.78, 5) is 13.9. The summed E-state index contributed by atoms with van der Waals surface area (Å²) in [7, 11) is 1.75. The number of hydrogen-bond acceptors (Lipinski definition) is 4. The molecule has 0 spiro atoms. The van der Waals surface area contributed by atoms with Gasteiger partial charge in [-0.25, -0.2) is 4.79 Å². The van der Waals surface area contributed by atoms with Gasteiger partial charge in [-0.1, -0.05) is 13.0 Å². The molecule has 2 aromatic carbocycles. The Morgan fingerprint density at radius 3 is 2.61 bits per heavy atom. The van der Waals surface area contributed by atoms with Crippen LogP contribution in [0.1, 0.15) is 60.5 Å². The van der Waals surface area contributed by atoms with Gasteiger partial charge in [-0.2, -0.15) is 0 Å². The fraction of sp³-hybridized carbons (Fsp3) is 0.536. The summed E-state index contributed by atoms with van der Waals surface area (Å²) >= 11 is 0. The minimum Gasteiger partial charge on any atom is -0.497 e. The molecule has 3 aliphatic rings. The molecular weight excluding hydrogens is 414 g/mol. The maximum absolute atomic E-state index is 11.1. The minimum absolute atomic E-state index is 0.0535. The number of rotatable bonds is 8. The first kappa shape index (κ1) is 22.3. The zero-order chi connectivity index (χ0) is 23.0. The predicted molar refractivity (Wildman–Crippen MR) is 128 cm³/mol. The monoisotopic (exact) mass is 449 g/mol. The molecule has 0 aromatic heterocycles. The van der Waals surface area contributed by atoms with Gasteiger partial charge < -0.3 is 14.6 Å². The molecule has 2 aliphatic carbocycles. The van der Waals surface area contributed by atoms with Crippen molar-refractivity contribution in [2.24, 2.45) is 11.8 Å². The zero-order valence-electron chi connectivity index (χ0n) is 19.8. The molecule has 176 valence electrons. The number of fused-ring (bicyclic) bond motifs is 5. The molecule has 1 N–H and O–H groups in total. The molecule has 3 atom stereocenters. The summed E-state index contributed by atoms with van der Waals surface area (Å²) in [6.07, 6.45) is 7.21. The van der Waals surface area contributed by atoms with Gasteiger partial charge in [-0.05, 0) is 104 Å². The Balaban J connectivity index is 1.41. The third-order valence-electron chi connectivity index (χ3n) is 8.35. The molecule has 2 aromatic rings. The summed E-state index contributed by atoms with van der Waals surface area (Å²) in [6, 6.07) is 14.0. The number of ether oxygens (including phenoxy) is 2. The van der Waals surface area contributed by atoms with Gasteiger partial charge in [-0.15, -0.1) is 0 Å². The zero-order valence-corrected chi connectivity index (χ0v) is 19.8. The van der Waals surface area contributed by atoms with E-state index in [0.717, 1.165) is 43.2 Å². The van der Waals surface area contributed by atoms with Crippen molar-refractivity contribution in [2.45, 2.75) is 56.9 Å². The van der Waals surface area contributed by atoms with Crippen molar-refractivity contribution < 1.29 is 19.4 Å². The SMILES string of the molecule is COc1ccc2c(c1)C1(CCOc3ccc(C(=O)O)cc3)CCN(CC3CC3)C(C2)CC1C. The minimum atomic E-state index is -0.915. The molecule has 5 nitrogen and oxygen atoms in total. The maximum atomic E-state index is 11.1. The fourth-order valence-electron chi connectivity index (χ4n) is 6.17. The van der Waals surface area contributed by atoms with Crippen LogP contribution in [0.2, 0.25) is 0 Å². The number of carboxylic acid groups (broad SMARTS) is 1. The molecule has 0 radical (unpaired) electrons. The molecule has 5 heteroatoms. The lowest BCUT2D eigenvalue weighted by molar-refractivity contribution is 0.0697. The summed E-state index contributed by atoms with van der Waals surface area (Å²) in [5.41, 5.74) is 3.26. The van der Waals surface area contributed by atoms with E-state index in [1.807, 2.05) is 0 Å². The van der Waals surface area contributed by atoms with E-state index >= 15 is 0 Å². The van der Waals surface area contributed by atoms with Gasteiger partial charge in [0.05, 0.1) is 19.3 Å². The number of aromatic carboxylic acids is 1. The highest BCUT2D eigenvalue weighted by atomic mass is 16.5. The summed E-state index contributed by atoms with van der Waals surface area (Å²) in [6.45, 7) is 5.45. The molecule has 5 rings (SSSR count). The highest BCUT2D eigenvalue weighted by Gasteiger charge is 2.47. The molecule has 0 amide bonds. The van der Waals surface area contributed by atoms with E-state index < -0.39 is 5.97 Å². The smallest absolute Gasteiger partial charge is 0.335 e. The lowest BCUT2D eigenvalue weighted by atomic mass is 9.66. The van der Waals surface area contributed by atoms with Gasteiger partial charge in [0, 0.05) is 18.0 Å². The Morgan fingerprint density at radius 2 is 1.91 bits per heavy atom.